The third-order valence-electron chi connectivity index (χ3n) is 3.45. The van der Waals surface area contributed by atoms with Gasteiger partial charge in [-0.05, 0) is 19.4 Å². The smallest absolute Gasteiger partial charge is 0.0948 e. The molecule has 3 rings (SSSR count). The van der Waals surface area contributed by atoms with E-state index in [-0.39, 0.29) is 0 Å². The molecule has 1 aromatic carbocycles. The highest BCUT2D eigenvalue weighted by Gasteiger charge is 2.15. The predicted molar refractivity (Wildman–Crippen MR) is 76.9 cm³/mol. The Bertz CT molecular complexity index is 486. The van der Waals surface area contributed by atoms with Crippen molar-refractivity contribution in [3.63, 3.8) is 0 Å². The van der Waals surface area contributed by atoms with Crippen molar-refractivity contribution in [2.24, 2.45) is 0 Å². The van der Waals surface area contributed by atoms with Crippen molar-refractivity contribution in [2.75, 3.05) is 6.54 Å². The molecule has 2 aromatic rings. The summed E-state index contributed by atoms with van der Waals surface area (Å²) >= 11 is 1.79. The summed E-state index contributed by atoms with van der Waals surface area (Å²) < 4.78 is 0. The van der Waals surface area contributed by atoms with Gasteiger partial charge in [0, 0.05) is 23.4 Å². The minimum absolute atomic E-state index is 0.633. The molecule has 94 valence electrons. The molecule has 1 atom stereocenters. The molecule has 3 heteroatoms. The number of thiazole rings is 1. The Hall–Kier alpha value is -1.19. The van der Waals surface area contributed by atoms with E-state index in [1.807, 2.05) is 6.07 Å². The van der Waals surface area contributed by atoms with Crippen LogP contribution < -0.4 is 5.32 Å². The lowest BCUT2D eigenvalue weighted by atomic mass is 10.0. The van der Waals surface area contributed by atoms with Gasteiger partial charge in [0.15, 0.2) is 0 Å². The zero-order valence-electron chi connectivity index (χ0n) is 10.4. The summed E-state index contributed by atoms with van der Waals surface area (Å²) in [6, 6.07) is 11.1. The molecule has 0 amide bonds. The summed E-state index contributed by atoms with van der Waals surface area (Å²) in [5.74, 6) is 0. The summed E-state index contributed by atoms with van der Waals surface area (Å²) in [7, 11) is 0. The first-order chi connectivity index (χ1) is 8.92. The second-order valence-corrected chi connectivity index (χ2v) is 5.79. The molecule has 2 heterocycles. The Morgan fingerprint density at radius 1 is 1.22 bits per heavy atom. The Morgan fingerprint density at radius 3 is 2.89 bits per heavy atom. The summed E-state index contributed by atoms with van der Waals surface area (Å²) in [6.07, 6.45) is 5.05. The molecular weight excluding hydrogens is 240 g/mol. The van der Waals surface area contributed by atoms with Crippen LogP contribution in [0.4, 0.5) is 0 Å². The number of rotatable bonds is 3. The van der Waals surface area contributed by atoms with Gasteiger partial charge in [-0.1, -0.05) is 36.8 Å². The fourth-order valence-corrected chi connectivity index (χ4v) is 3.34. The van der Waals surface area contributed by atoms with Crippen LogP contribution in [0, 0.1) is 0 Å². The summed E-state index contributed by atoms with van der Waals surface area (Å²) in [6.45, 7) is 1.17. The highest BCUT2D eigenvalue weighted by atomic mass is 32.1. The van der Waals surface area contributed by atoms with E-state index in [0.717, 1.165) is 12.1 Å². The van der Waals surface area contributed by atoms with Gasteiger partial charge in [-0.25, -0.2) is 4.98 Å². The zero-order valence-corrected chi connectivity index (χ0v) is 11.2. The topological polar surface area (TPSA) is 24.9 Å². The van der Waals surface area contributed by atoms with E-state index in [2.05, 4.69) is 35.0 Å². The van der Waals surface area contributed by atoms with Crippen LogP contribution in [-0.4, -0.2) is 17.6 Å². The van der Waals surface area contributed by atoms with E-state index in [1.165, 1.54) is 36.4 Å². The van der Waals surface area contributed by atoms with Gasteiger partial charge in [0.1, 0.15) is 0 Å². The fraction of sp³-hybridized carbons (Fsp3) is 0.400. The number of hydrogen-bond donors (Lipinski definition) is 1. The Labute approximate surface area is 112 Å². The van der Waals surface area contributed by atoms with Crippen LogP contribution >= 0.6 is 11.3 Å². The van der Waals surface area contributed by atoms with Crippen molar-refractivity contribution in [1.82, 2.24) is 10.3 Å². The molecule has 0 radical (unpaired) electrons. The summed E-state index contributed by atoms with van der Waals surface area (Å²) in [5.41, 5.74) is 2.34. The largest absolute Gasteiger partial charge is 0.314 e. The van der Waals surface area contributed by atoms with Gasteiger partial charge in [0.2, 0.25) is 0 Å². The molecule has 1 fully saturated rings. The van der Waals surface area contributed by atoms with E-state index in [4.69, 9.17) is 4.98 Å². The standard InChI is InChI=1S/C15H18N2S/c1-2-6-12(7-3-1)14-11-18-15(17-14)10-13-8-4-5-9-16-13/h1-3,6-7,11,13,16H,4-5,8-10H2. The number of aromatic nitrogens is 1. The molecule has 1 aromatic heterocycles. The summed E-state index contributed by atoms with van der Waals surface area (Å²) in [5, 5.41) is 7.02. The molecule has 1 aliphatic rings. The molecule has 1 unspecified atom stereocenters. The van der Waals surface area contributed by atoms with Crippen LogP contribution in [0.5, 0.6) is 0 Å². The van der Waals surface area contributed by atoms with Crippen molar-refractivity contribution in [2.45, 2.75) is 31.7 Å². The van der Waals surface area contributed by atoms with Crippen molar-refractivity contribution in [1.29, 1.82) is 0 Å². The Kier molecular flexibility index (Phi) is 3.72. The average Bonchev–Trinajstić information content (AvgIpc) is 2.89. The maximum atomic E-state index is 4.75. The molecule has 0 saturated carbocycles. The van der Waals surface area contributed by atoms with Gasteiger partial charge in [-0.3, -0.25) is 0 Å². The van der Waals surface area contributed by atoms with Crippen LogP contribution in [0.1, 0.15) is 24.3 Å². The van der Waals surface area contributed by atoms with Crippen LogP contribution in [-0.2, 0) is 6.42 Å². The van der Waals surface area contributed by atoms with E-state index in [0.29, 0.717) is 6.04 Å². The van der Waals surface area contributed by atoms with Gasteiger partial charge >= 0.3 is 0 Å². The van der Waals surface area contributed by atoms with Crippen molar-refractivity contribution >= 4 is 11.3 Å². The number of benzene rings is 1. The van der Waals surface area contributed by atoms with Crippen LogP contribution in [0.3, 0.4) is 0 Å². The lowest BCUT2D eigenvalue weighted by molar-refractivity contribution is 0.399. The fourth-order valence-electron chi connectivity index (χ4n) is 2.46. The van der Waals surface area contributed by atoms with Crippen LogP contribution in [0.2, 0.25) is 0 Å². The van der Waals surface area contributed by atoms with Crippen molar-refractivity contribution in [3.8, 4) is 11.3 Å². The van der Waals surface area contributed by atoms with E-state index in [9.17, 15) is 0 Å². The predicted octanol–water partition coefficient (Wildman–Crippen LogP) is 3.49. The molecular formula is C15H18N2S. The normalized spacial score (nSPS) is 19.9. The average molecular weight is 258 g/mol. The van der Waals surface area contributed by atoms with Crippen molar-refractivity contribution in [3.05, 3.63) is 40.7 Å². The SMILES string of the molecule is c1ccc(-c2csc(CC3CCCCN3)n2)cc1. The number of nitrogens with one attached hydrogen (secondary N) is 1. The second-order valence-electron chi connectivity index (χ2n) is 4.84. The van der Waals surface area contributed by atoms with Gasteiger partial charge in [0.25, 0.3) is 0 Å². The molecule has 1 saturated heterocycles. The molecule has 0 spiro atoms. The van der Waals surface area contributed by atoms with E-state index >= 15 is 0 Å². The maximum absolute atomic E-state index is 4.75. The monoisotopic (exact) mass is 258 g/mol. The molecule has 0 aliphatic carbocycles. The van der Waals surface area contributed by atoms with Gasteiger partial charge < -0.3 is 5.32 Å². The lowest BCUT2D eigenvalue weighted by Gasteiger charge is -2.22. The molecule has 2 nitrogen and oxygen atoms in total. The first kappa shape index (κ1) is 11.9. The first-order valence-corrected chi connectivity index (χ1v) is 7.53. The minimum Gasteiger partial charge on any atom is -0.314 e. The third kappa shape index (κ3) is 2.79. The van der Waals surface area contributed by atoms with Crippen LogP contribution in [0.15, 0.2) is 35.7 Å². The van der Waals surface area contributed by atoms with E-state index < -0.39 is 0 Å². The lowest BCUT2D eigenvalue weighted by Crippen LogP contribution is -2.35. The molecule has 1 N–H and O–H groups in total. The molecule has 0 bridgehead atoms. The van der Waals surface area contributed by atoms with Gasteiger partial charge in [0.05, 0.1) is 10.7 Å². The Morgan fingerprint density at radius 2 is 2.11 bits per heavy atom. The minimum atomic E-state index is 0.633. The van der Waals surface area contributed by atoms with Gasteiger partial charge in [-0.2, -0.15) is 0 Å². The maximum Gasteiger partial charge on any atom is 0.0948 e. The first-order valence-electron chi connectivity index (χ1n) is 6.65. The zero-order chi connectivity index (χ0) is 12.2. The Balaban J connectivity index is 1.69. The molecule has 18 heavy (non-hydrogen) atoms. The van der Waals surface area contributed by atoms with E-state index in [1.54, 1.807) is 11.3 Å². The molecule has 1 aliphatic heterocycles. The third-order valence-corrected chi connectivity index (χ3v) is 4.33. The quantitative estimate of drug-likeness (QED) is 0.911. The number of nitrogens with zero attached hydrogens (tertiary/aromatic N) is 1. The number of hydrogen-bond acceptors (Lipinski definition) is 3. The summed E-state index contributed by atoms with van der Waals surface area (Å²) in [4.78, 5) is 4.75. The second kappa shape index (κ2) is 5.63. The van der Waals surface area contributed by atoms with Crippen molar-refractivity contribution < 1.29 is 0 Å². The van der Waals surface area contributed by atoms with Crippen LogP contribution in [0.25, 0.3) is 11.3 Å². The number of piperidine rings is 1. The highest BCUT2D eigenvalue weighted by Crippen LogP contribution is 2.23. The van der Waals surface area contributed by atoms with Gasteiger partial charge in [-0.15, -0.1) is 11.3 Å². The highest BCUT2D eigenvalue weighted by molar-refractivity contribution is 7.09.